The van der Waals surface area contributed by atoms with Crippen LogP contribution in [0.15, 0.2) is 40.9 Å². The van der Waals surface area contributed by atoms with E-state index in [2.05, 4.69) is 21.2 Å². The number of carbonyl (C=O) groups excluding carboxylic acids is 1. The highest BCUT2D eigenvalue weighted by atomic mass is 79.9. The molecule has 0 fully saturated rings. The highest BCUT2D eigenvalue weighted by Gasteiger charge is 2.26. The van der Waals surface area contributed by atoms with Gasteiger partial charge in [-0.15, -0.1) is 0 Å². The van der Waals surface area contributed by atoms with E-state index in [4.69, 9.17) is 0 Å². The fourth-order valence-corrected chi connectivity index (χ4v) is 2.50. The zero-order valence-corrected chi connectivity index (χ0v) is 11.6. The van der Waals surface area contributed by atoms with Crippen LogP contribution in [0.4, 0.5) is 0 Å². The summed E-state index contributed by atoms with van der Waals surface area (Å²) in [7, 11) is 0. The molecule has 2 rings (SSSR count). The van der Waals surface area contributed by atoms with E-state index < -0.39 is 5.60 Å². The zero-order valence-electron chi connectivity index (χ0n) is 10.0. The number of benzene rings is 1. The van der Waals surface area contributed by atoms with Gasteiger partial charge in [-0.05, 0) is 47.3 Å². The lowest BCUT2D eigenvalue weighted by Crippen LogP contribution is -2.42. The van der Waals surface area contributed by atoms with Gasteiger partial charge in [0.15, 0.2) is 0 Å². The van der Waals surface area contributed by atoms with Crippen LogP contribution in [-0.4, -0.2) is 23.2 Å². The van der Waals surface area contributed by atoms with Crippen molar-refractivity contribution >= 4 is 21.8 Å². The SMILES string of the molecule is O=C(NCC1(O)C=CCCC1)c1ccccc1Br. The van der Waals surface area contributed by atoms with E-state index in [1.807, 2.05) is 24.3 Å². The van der Waals surface area contributed by atoms with Gasteiger partial charge < -0.3 is 10.4 Å². The Hall–Kier alpha value is -1.13. The fraction of sp³-hybridized carbons (Fsp3) is 0.357. The van der Waals surface area contributed by atoms with Crippen LogP contribution in [0.5, 0.6) is 0 Å². The largest absolute Gasteiger partial charge is 0.384 e. The molecule has 0 radical (unpaired) electrons. The van der Waals surface area contributed by atoms with Crippen molar-refractivity contribution in [2.24, 2.45) is 0 Å². The van der Waals surface area contributed by atoms with Crippen molar-refractivity contribution in [1.82, 2.24) is 5.32 Å². The molecular weight excluding hydrogens is 294 g/mol. The van der Waals surface area contributed by atoms with Crippen LogP contribution in [0.2, 0.25) is 0 Å². The standard InChI is InChI=1S/C14H16BrNO2/c15-12-7-3-2-6-11(12)13(17)16-10-14(18)8-4-1-5-9-14/h2-4,6-8,18H,1,5,9-10H2,(H,16,17). The van der Waals surface area contributed by atoms with E-state index >= 15 is 0 Å². The molecule has 96 valence electrons. The minimum Gasteiger partial charge on any atom is -0.384 e. The van der Waals surface area contributed by atoms with Gasteiger partial charge in [0.25, 0.3) is 5.91 Å². The molecule has 1 unspecified atom stereocenters. The normalized spacial score (nSPS) is 22.8. The van der Waals surface area contributed by atoms with Crippen molar-refractivity contribution < 1.29 is 9.90 Å². The van der Waals surface area contributed by atoms with Crippen LogP contribution in [0.25, 0.3) is 0 Å². The molecule has 0 aliphatic heterocycles. The molecule has 0 aromatic heterocycles. The smallest absolute Gasteiger partial charge is 0.252 e. The predicted octanol–water partition coefficient (Wildman–Crippen LogP) is 2.65. The summed E-state index contributed by atoms with van der Waals surface area (Å²) in [6.07, 6.45) is 6.41. The first kappa shape index (κ1) is 13.3. The molecule has 0 heterocycles. The van der Waals surface area contributed by atoms with Gasteiger partial charge in [0.2, 0.25) is 0 Å². The Labute approximate surface area is 115 Å². The number of carbonyl (C=O) groups is 1. The van der Waals surface area contributed by atoms with Crippen molar-refractivity contribution in [3.05, 3.63) is 46.5 Å². The van der Waals surface area contributed by atoms with E-state index in [1.165, 1.54) is 0 Å². The summed E-state index contributed by atoms with van der Waals surface area (Å²) >= 11 is 3.34. The molecule has 1 aromatic rings. The molecule has 4 heteroatoms. The molecule has 18 heavy (non-hydrogen) atoms. The van der Waals surface area contributed by atoms with Gasteiger partial charge in [0, 0.05) is 4.47 Å². The summed E-state index contributed by atoms with van der Waals surface area (Å²) < 4.78 is 0.758. The molecule has 0 bridgehead atoms. The maximum absolute atomic E-state index is 12.0. The van der Waals surface area contributed by atoms with Crippen LogP contribution in [0, 0.1) is 0 Å². The van der Waals surface area contributed by atoms with Gasteiger partial charge in [-0.25, -0.2) is 0 Å². The zero-order chi connectivity index (χ0) is 13.0. The molecule has 2 N–H and O–H groups in total. The first-order chi connectivity index (χ1) is 8.61. The van der Waals surface area contributed by atoms with Crippen molar-refractivity contribution in [1.29, 1.82) is 0 Å². The molecular formula is C14H16BrNO2. The summed E-state index contributed by atoms with van der Waals surface area (Å²) in [6.45, 7) is 0.254. The van der Waals surface area contributed by atoms with Gasteiger partial charge in [0.05, 0.1) is 17.7 Å². The summed E-state index contributed by atoms with van der Waals surface area (Å²) in [5.74, 6) is -0.171. The molecule has 0 saturated heterocycles. The second-order valence-corrected chi connectivity index (χ2v) is 5.42. The van der Waals surface area contributed by atoms with E-state index in [9.17, 15) is 9.90 Å². The Morgan fingerprint density at radius 3 is 2.89 bits per heavy atom. The second-order valence-electron chi connectivity index (χ2n) is 4.56. The van der Waals surface area contributed by atoms with E-state index in [1.54, 1.807) is 12.1 Å². The van der Waals surface area contributed by atoms with Crippen molar-refractivity contribution in [3.8, 4) is 0 Å². The van der Waals surface area contributed by atoms with Crippen molar-refractivity contribution in [2.75, 3.05) is 6.54 Å². The summed E-state index contributed by atoms with van der Waals surface area (Å²) in [4.78, 5) is 12.0. The Balaban J connectivity index is 1.98. The number of halogens is 1. The molecule has 0 spiro atoms. The fourth-order valence-electron chi connectivity index (χ4n) is 2.03. The third-order valence-electron chi connectivity index (χ3n) is 3.08. The Morgan fingerprint density at radius 1 is 1.44 bits per heavy atom. The van der Waals surface area contributed by atoms with E-state index in [0.29, 0.717) is 12.0 Å². The molecule has 1 aliphatic carbocycles. The quantitative estimate of drug-likeness (QED) is 0.843. The number of amides is 1. The van der Waals surface area contributed by atoms with Crippen LogP contribution < -0.4 is 5.32 Å². The van der Waals surface area contributed by atoms with Crippen LogP contribution in [0.3, 0.4) is 0 Å². The summed E-state index contributed by atoms with van der Waals surface area (Å²) in [5, 5.41) is 13.0. The molecule has 1 atom stereocenters. The number of nitrogens with one attached hydrogen (secondary N) is 1. The second kappa shape index (κ2) is 5.67. The lowest BCUT2D eigenvalue weighted by atomic mass is 9.91. The first-order valence-electron chi connectivity index (χ1n) is 6.03. The third-order valence-corrected chi connectivity index (χ3v) is 3.77. The highest BCUT2D eigenvalue weighted by molar-refractivity contribution is 9.10. The van der Waals surface area contributed by atoms with E-state index in [0.717, 1.165) is 17.3 Å². The molecule has 3 nitrogen and oxygen atoms in total. The lowest BCUT2D eigenvalue weighted by molar-refractivity contribution is 0.0660. The highest BCUT2D eigenvalue weighted by Crippen LogP contribution is 2.21. The molecule has 1 amide bonds. The maximum atomic E-state index is 12.0. The van der Waals surface area contributed by atoms with Gasteiger partial charge in [-0.1, -0.05) is 24.3 Å². The summed E-state index contributed by atoms with van der Waals surface area (Å²) in [5.41, 5.74) is -0.310. The first-order valence-corrected chi connectivity index (χ1v) is 6.83. The van der Waals surface area contributed by atoms with Crippen LogP contribution in [0.1, 0.15) is 29.6 Å². The number of allylic oxidation sites excluding steroid dienone is 1. The van der Waals surface area contributed by atoms with Crippen LogP contribution >= 0.6 is 15.9 Å². The van der Waals surface area contributed by atoms with Crippen LogP contribution in [-0.2, 0) is 0 Å². The Bertz CT molecular complexity index is 473. The number of hydrogen-bond donors (Lipinski definition) is 2. The average molecular weight is 310 g/mol. The van der Waals surface area contributed by atoms with Crippen molar-refractivity contribution in [2.45, 2.75) is 24.9 Å². The third kappa shape index (κ3) is 3.21. The maximum Gasteiger partial charge on any atom is 0.252 e. The van der Waals surface area contributed by atoms with Gasteiger partial charge in [0.1, 0.15) is 0 Å². The van der Waals surface area contributed by atoms with Gasteiger partial charge in [-0.3, -0.25) is 4.79 Å². The minimum absolute atomic E-state index is 0.171. The minimum atomic E-state index is -0.894. The van der Waals surface area contributed by atoms with Crippen molar-refractivity contribution in [3.63, 3.8) is 0 Å². The lowest BCUT2D eigenvalue weighted by Gasteiger charge is -2.27. The van der Waals surface area contributed by atoms with Gasteiger partial charge in [-0.2, -0.15) is 0 Å². The van der Waals surface area contributed by atoms with Gasteiger partial charge >= 0.3 is 0 Å². The molecule has 1 aromatic carbocycles. The number of aliphatic hydroxyl groups is 1. The summed E-state index contributed by atoms with van der Waals surface area (Å²) in [6, 6.07) is 7.25. The number of hydrogen-bond acceptors (Lipinski definition) is 2. The molecule has 0 saturated carbocycles. The average Bonchev–Trinajstić information content (AvgIpc) is 2.38. The Morgan fingerprint density at radius 2 is 2.22 bits per heavy atom. The predicted molar refractivity (Wildman–Crippen MR) is 74.4 cm³/mol. The number of rotatable bonds is 3. The Kier molecular flexibility index (Phi) is 4.19. The monoisotopic (exact) mass is 309 g/mol. The van der Waals surface area contributed by atoms with E-state index in [-0.39, 0.29) is 12.5 Å². The topological polar surface area (TPSA) is 49.3 Å². The molecule has 1 aliphatic rings.